The first-order chi connectivity index (χ1) is 9.02. The average molecular weight is 265 g/mol. The summed E-state index contributed by atoms with van der Waals surface area (Å²) in [5.41, 5.74) is 0.763. The van der Waals surface area contributed by atoms with Crippen LogP contribution in [0.15, 0.2) is 18.2 Å². The fourth-order valence-electron chi connectivity index (χ4n) is 1.94. The van der Waals surface area contributed by atoms with Crippen LogP contribution < -0.4 is 4.74 Å². The number of carbonyl (C=O) groups excluding carboxylic acids is 1. The molecule has 2 rings (SSSR count). The van der Waals surface area contributed by atoms with Gasteiger partial charge >= 0.3 is 0 Å². The Hall–Kier alpha value is -1.95. The zero-order valence-electron chi connectivity index (χ0n) is 10.8. The zero-order valence-corrected chi connectivity index (χ0v) is 10.8. The average Bonchev–Trinajstić information content (AvgIpc) is 2.37. The second-order valence-corrected chi connectivity index (χ2v) is 4.41. The van der Waals surface area contributed by atoms with Crippen LogP contribution in [-0.4, -0.2) is 29.5 Å². The van der Waals surface area contributed by atoms with Crippen LogP contribution in [0.5, 0.6) is 5.75 Å². The molecule has 0 bridgehead atoms. The topological polar surface area (TPSA) is 78.7 Å². The molecule has 1 aliphatic carbocycles. The van der Waals surface area contributed by atoms with Crippen molar-refractivity contribution >= 4 is 11.5 Å². The van der Waals surface area contributed by atoms with Crippen molar-refractivity contribution in [3.63, 3.8) is 0 Å². The molecule has 19 heavy (non-hydrogen) atoms. The van der Waals surface area contributed by atoms with Crippen LogP contribution in [0, 0.1) is 17.0 Å². The van der Waals surface area contributed by atoms with Gasteiger partial charge < -0.3 is 9.47 Å². The summed E-state index contributed by atoms with van der Waals surface area (Å²) in [5.74, 6) is 0.436. The lowest BCUT2D eigenvalue weighted by molar-refractivity contribution is -0.385. The molecule has 0 saturated heterocycles. The van der Waals surface area contributed by atoms with Gasteiger partial charge in [0.1, 0.15) is 11.9 Å². The van der Waals surface area contributed by atoms with Crippen LogP contribution in [0.25, 0.3) is 0 Å². The van der Waals surface area contributed by atoms with Crippen molar-refractivity contribution in [1.29, 1.82) is 0 Å². The summed E-state index contributed by atoms with van der Waals surface area (Å²) < 4.78 is 10.9. The Balaban J connectivity index is 2.13. The molecule has 6 heteroatoms. The number of Topliss-reactive ketones (excluding diaryl/α,β-unsaturated/α-hetero) is 1. The standard InChI is InChI=1S/C13H15NO5/c1-3-18-13-10(15)7-12(13)19-11-6-9(14(16)17)5-4-8(11)2/h4-6,12-13H,3,7H2,1-2H3. The number of nitrogens with zero attached hydrogens (tertiary/aromatic N) is 1. The second-order valence-electron chi connectivity index (χ2n) is 4.41. The number of hydrogen-bond acceptors (Lipinski definition) is 5. The SMILES string of the molecule is CCOC1C(=O)CC1Oc1cc([N+](=O)[O-])ccc1C. The third-order valence-corrected chi connectivity index (χ3v) is 3.06. The molecule has 0 radical (unpaired) electrons. The van der Waals surface area contributed by atoms with Crippen molar-refractivity contribution in [2.45, 2.75) is 32.5 Å². The molecule has 1 aliphatic rings. The first-order valence-corrected chi connectivity index (χ1v) is 6.09. The van der Waals surface area contributed by atoms with Gasteiger partial charge in [0.25, 0.3) is 5.69 Å². The van der Waals surface area contributed by atoms with Crippen LogP contribution in [0.2, 0.25) is 0 Å². The minimum atomic E-state index is -0.552. The lowest BCUT2D eigenvalue weighted by atomic mass is 9.90. The van der Waals surface area contributed by atoms with E-state index in [0.29, 0.717) is 12.4 Å². The minimum Gasteiger partial charge on any atom is -0.486 e. The molecular formula is C13H15NO5. The Bertz CT molecular complexity index is 514. The highest BCUT2D eigenvalue weighted by Gasteiger charge is 2.42. The van der Waals surface area contributed by atoms with Crippen molar-refractivity contribution in [2.24, 2.45) is 0 Å². The van der Waals surface area contributed by atoms with Gasteiger partial charge in [-0.25, -0.2) is 0 Å². The quantitative estimate of drug-likeness (QED) is 0.601. The van der Waals surface area contributed by atoms with E-state index in [-0.39, 0.29) is 24.0 Å². The molecule has 1 saturated carbocycles. The van der Waals surface area contributed by atoms with Gasteiger partial charge in [0.15, 0.2) is 11.9 Å². The van der Waals surface area contributed by atoms with E-state index >= 15 is 0 Å². The van der Waals surface area contributed by atoms with Crippen molar-refractivity contribution in [2.75, 3.05) is 6.61 Å². The van der Waals surface area contributed by atoms with Gasteiger partial charge in [0.05, 0.1) is 11.0 Å². The van der Waals surface area contributed by atoms with E-state index in [0.717, 1.165) is 5.56 Å². The summed E-state index contributed by atoms with van der Waals surface area (Å²) in [7, 11) is 0. The maximum Gasteiger partial charge on any atom is 0.273 e. The van der Waals surface area contributed by atoms with Crippen LogP contribution in [0.3, 0.4) is 0 Å². The Morgan fingerprint density at radius 3 is 2.79 bits per heavy atom. The number of rotatable bonds is 5. The number of benzene rings is 1. The molecular weight excluding hydrogens is 250 g/mol. The van der Waals surface area contributed by atoms with E-state index in [1.807, 2.05) is 0 Å². The molecule has 1 fully saturated rings. The fourth-order valence-corrected chi connectivity index (χ4v) is 1.94. The van der Waals surface area contributed by atoms with Crippen molar-refractivity contribution in [3.05, 3.63) is 33.9 Å². The van der Waals surface area contributed by atoms with E-state index in [2.05, 4.69) is 0 Å². The van der Waals surface area contributed by atoms with Gasteiger partial charge in [-0.1, -0.05) is 0 Å². The van der Waals surface area contributed by atoms with Crippen molar-refractivity contribution in [3.8, 4) is 5.75 Å². The van der Waals surface area contributed by atoms with E-state index in [9.17, 15) is 14.9 Å². The summed E-state index contributed by atoms with van der Waals surface area (Å²) in [4.78, 5) is 21.6. The first kappa shape index (κ1) is 13.5. The number of nitro groups is 1. The molecule has 0 aromatic heterocycles. The molecule has 0 heterocycles. The number of ether oxygens (including phenoxy) is 2. The van der Waals surface area contributed by atoms with Gasteiger partial charge in [-0.05, 0) is 25.5 Å². The highest BCUT2D eigenvalue weighted by molar-refractivity contribution is 5.90. The largest absolute Gasteiger partial charge is 0.486 e. The van der Waals surface area contributed by atoms with Gasteiger partial charge in [0, 0.05) is 19.1 Å². The Labute approximate surface area is 110 Å². The van der Waals surface area contributed by atoms with Crippen molar-refractivity contribution < 1.29 is 19.2 Å². The zero-order chi connectivity index (χ0) is 14.0. The Morgan fingerprint density at radius 1 is 1.47 bits per heavy atom. The monoisotopic (exact) mass is 265 g/mol. The highest BCUT2D eigenvalue weighted by Crippen LogP contribution is 2.30. The predicted octanol–water partition coefficient (Wildman–Crippen LogP) is 2.03. The van der Waals surface area contributed by atoms with E-state index < -0.39 is 11.0 Å². The number of non-ortho nitro benzene ring substituents is 1. The van der Waals surface area contributed by atoms with Crippen LogP contribution in [0.4, 0.5) is 5.69 Å². The molecule has 2 unspecified atom stereocenters. The summed E-state index contributed by atoms with van der Waals surface area (Å²) in [5, 5.41) is 10.7. The summed E-state index contributed by atoms with van der Waals surface area (Å²) in [6.45, 7) is 4.04. The molecule has 0 amide bonds. The molecule has 6 nitrogen and oxygen atoms in total. The van der Waals surface area contributed by atoms with Gasteiger partial charge in [-0.2, -0.15) is 0 Å². The molecule has 102 valence electrons. The predicted molar refractivity (Wildman–Crippen MR) is 67.3 cm³/mol. The summed E-state index contributed by atoms with van der Waals surface area (Å²) >= 11 is 0. The fraction of sp³-hybridized carbons (Fsp3) is 0.462. The third-order valence-electron chi connectivity index (χ3n) is 3.06. The second kappa shape index (κ2) is 5.36. The maximum atomic E-state index is 11.4. The molecule has 0 spiro atoms. The maximum absolute atomic E-state index is 11.4. The van der Waals surface area contributed by atoms with E-state index in [1.165, 1.54) is 12.1 Å². The summed E-state index contributed by atoms with van der Waals surface area (Å²) in [6.07, 6.45) is -0.621. The van der Waals surface area contributed by atoms with Crippen LogP contribution in [0.1, 0.15) is 18.9 Å². The van der Waals surface area contributed by atoms with Gasteiger partial charge in [-0.3, -0.25) is 14.9 Å². The van der Waals surface area contributed by atoms with E-state index in [4.69, 9.17) is 9.47 Å². The molecule has 1 aromatic rings. The lowest BCUT2D eigenvalue weighted by Gasteiger charge is -2.34. The number of carbonyl (C=O) groups is 1. The Morgan fingerprint density at radius 2 is 2.21 bits per heavy atom. The number of nitro benzene ring substituents is 1. The highest BCUT2D eigenvalue weighted by atomic mass is 16.6. The number of ketones is 1. The van der Waals surface area contributed by atoms with Gasteiger partial charge in [-0.15, -0.1) is 0 Å². The van der Waals surface area contributed by atoms with E-state index in [1.54, 1.807) is 19.9 Å². The van der Waals surface area contributed by atoms with Crippen LogP contribution >= 0.6 is 0 Å². The first-order valence-electron chi connectivity index (χ1n) is 6.09. The minimum absolute atomic E-state index is 0.00920. The third kappa shape index (κ3) is 2.73. The normalized spacial score (nSPS) is 21.9. The molecule has 0 N–H and O–H groups in total. The van der Waals surface area contributed by atoms with Crippen molar-refractivity contribution in [1.82, 2.24) is 0 Å². The lowest BCUT2D eigenvalue weighted by Crippen LogP contribution is -2.52. The number of aryl methyl sites for hydroxylation is 1. The van der Waals surface area contributed by atoms with Gasteiger partial charge in [0.2, 0.25) is 0 Å². The summed E-state index contributed by atoms with van der Waals surface area (Å²) in [6, 6.07) is 4.43. The smallest absolute Gasteiger partial charge is 0.273 e. The molecule has 2 atom stereocenters. The molecule has 0 aliphatic heterocycles. The number of hydrogen-bond donors (Lipinski definition) is 0. The molecule has 1 aromatic carbocycles. The Kier molecular flexibility index (Phi) is 3.80. The van der Waals surface area contributed by atoms with Crippen LogP contribution in [-0.2, 0) is 9.53 Å².